The van der Waals surface area contributed by atoms with Crippen molar-refractivity contribution in [2.45, 2.75) is 25.7 Å². The lowest BCUT2D eigenvalue weighted by atomic mass is 9.51. The molecule has 228 valence electrons. The second-order valence-corrected chi connectivity index (χ2v) is 12.2. The number of methoxy groups -OCH3 is 1. The molecule has 1 saturated carbocycles. The fourth-order valence-corrected chi connectivity index (χ4v) is 8.12. The Balaban J connectivity index is 1.38. The summed E-state index contributed by atoms with van der Waals surface area (Å²) >= 11 is 0. The number of phenols is 1. The molecule has 4 aliphatic rings. The number of hydrogen-bond acceptors (Lipinski definition) is 8. The van der Waals surface area contributed by atoms with Gasteiger partial charge in [-0.25, -0.2) is 9.80 Å². The molecule has 2 heterocycles. The molecule has 0 aromatic heterocycles. The first-order chi connectivity index (χ1) is 21.6. The van der Waals surface area contributed by atoms with Crippen LogP contribution in [0.3, 0.4) is 0 Å². The summed E-state index contributed by atoms with van der Waals surface area (Å²) in [6.07, 6.45) is 2.29. The number of carbonyl (C=O) groups is 4. The average molecular weight is 608 g/mol. The van der Waals surface area contributed by atoms with E-state index in [9.17, 15) is 34.4 Å². The van der Waals surface area contributed by atoms with Gasteiger partial charge in [-0.3, -0.25) is 29.3 Å². The number of para-hydroxylation sites is 1. The molecule has 45 heavy (non-hydrogen) atoms. The van der Waals surface area contributed by atoms with Gasteiger partial charge in [0.2, 0.25) is 23.6 Å². The number of amides is 4. The third kappa shape index (κ3) is 3.96. The van der Waals surface area contributed by atoms with Crippen molar-refractivity contribution in [3.8, 4) is 11.5 Å². The van der Waals surface area contributed by atoms with Gasteiger partial charge in [0, 0.05) is 29.7 Å². The van der Waals surface area contributed by atoms with Crippen molar-refractivity contribution in [1.29, 1.82) is 0 Å². The van der Waals surface area contributed by atoms with E-state index in [4.69, 9.17) is 4.74 Å². The molecule has 2 aliphatic heterocycles. The molecule has 11 heteroatoms. The van der Waals surface area contributed by atoms with Gasteiger partial charge in [-0.15, -0.1) is 0 Å². The number of benzene rings is 3. The van der Waals surface area contributed by atoms with Crippen LogP contribution >= 0.6 is 0 Å². The maximum Gasteiger partial charge on any atom is 0.271 e. The summed E-state index contributed by atoms with van der Waals surface area (Å²) in [6, 6.07) is 18.7. The zero-order valence-corrected chi connectivity index (χ0v) is 24.5. The number of fused-ring (bicyclic) bond motifs is 4. The van der Waals surface area contributed by atoms with Gasteiger partial charge < -0.3 is 9.84 Å². The molecule has 0 radical (unpaired) electrons. The third-order valence-corrected chi connectivity index (χ3v) is 10.1. The van der Waals surface area contributed by atoms with E-state index >= 15 is 0 Å². The van der Waals surface area contributed by atoms with Crippen LogP contribution in [0.15, 0.2) is 84.4 Å². The van der Waals surface area contributed by atoms with Gasteiger partial charge in [0.15, 0.2) is 0 Å². The Morgan fingerprint density at radius 2 is 1.62 bits per heavy atom. The van der Waals surface area contributed by atoms with E-state index in [1.807, 2.05) is 6.08 Å². The molecule has 0 bridgehead atoms. The zero-order chi connectivity index (χ0) is 31.8. The third-order valence-electron chi connectivity index (χ3n) is 10.1. The highest BCUT2D eigenvalue weighted by Crippen LogP contribution is 2.64. The lowest BCUT2D eigenvalue weighted by Gasteiger charge is -2.49. The second-order valence-electron chi connectivity index (χ2n) is 12.2. The van der Waals surface area contributed by atoms with Crippen molar-refractivity contribution < 1.29 is 33.9 Å². The number of anilines is 2. The van der Waals surface area contributed by atoms with Gasteiger partial charge in [-0.1, -0.05) is 42.0 Å². The van der Waals surface area contributed by atoms with E-state index in [0.717, 1.165) is 10.5 Å². The molecule has 2 aliphatic carbocycles. The first kappa shape index (κ1) is 28.5. The largest absolute Gasteiger partial charge is 0.508 e. The summed E-state index contributed by atoms with van der Waals surface area (Å²) in [6.45, 7) is 1.78. The highest BCUT2D eigenvalue weighted by Gasteiger charge is 2.68. The van der Waals surface area contributed by atoms with E-state index < -0.39 is 51.7 Å². The highest BCUT2D eigenvalue weighted by molar-refractivity contribution is 6.25. The molecule has 3 aromatic rings. The Kier molecular flexibility index (Phi) is 6.40. The first-order valence-corrected chi connectivity index (χ1v) is 14.7. The number of nitrogens with zero attached hydrogens (tertiary/aromatic N) is 3. The van der Waals surface area contributed by atoms with E-state index in [1.54, 1.807) is 43.3 Å². The van der Waals surface area contributed by atoms with Crippen molar-refractivity contribution in [2.75, 3.05) is 16.9 Å². The minimum absolute atomic E-state index is 0.0359. The summed E-state index contributed by atoms with van der Waals surface area (Å²) < 4.78 is 5.68. The lowest BCUT2D eigenvalue weighted by molar-refractivity contribution is -0.384. The molecule has 2 saturated heterocycles. The molecule has 3 aromatic carbocycles. The molecular formula is C34H29N3O8. The van der Waals surface area contributed by atoms with Gasteiger partial charge in [0.1, 0.15) is 11.5 Å². The molecular weight excluding hydrogens is 578 g/mol. The first-order valence-electron chi connectivity index (χ1n) is 14.7. The lowest BCUT2D eigenvalue weighted by Crippen LogP contribution is -2.49. The van der Waals surface area contributed by atoms with Gasteiger partial charge in [-0.05, 0) is 49.9 Å². The number of non-ortho nitro benzene ring substituents is 1. The average Bonchev–Trinajstić information content (AvgIpc) is 3.41. The van der Waals surface area contributed by atoms with Crippen LogP contribution in [0.1, 0.15) is 31.2 Å². The Morgan fingerprint density at radius 3 is 2.33 bits per heavy atom. The predicted octanol–water partition coefficient (Wildman–Crippen LogP) is 4.74. The Bertz CT molecular complexity index is 1840. The smallest absolute Gasteiger partial charge is 0.271 e. The van der Waals surface area contributed by atoms with Gasteiger partial charge >= 0.3 is 0 Å². The number of carbonyl (C=O) groups excluding carboxylic acids is 4. The molecule has 6 unspecified atom stereocenters. The zero-order valence-electron chi connectivity index (χ0n) is 24.5. The van der Waals surface area contributed by atoms with E-state index in [1.165, 1.54) is 48.4 Å². The number of hydrogen-bond donors (Lipinski definition) is 1. The minimum atomic E-state index is -1.27. The van der Waals surface area contributed by atoms with Crippen molar-refractivity contribution in [3.05, 3.63) is 100 Å². The van der Waals surface area contributed by atoms with Crippen LogP contribution in [0.4, 0.5) is 17.1 Å². The van der Waals surface area contributed by atoms with E-state index in [-0.39, 0.29) is 41.8 Å². The quantitative estimate of drug-likeness (QED) is 0.189. The van der Waals surface area contributed by atoms with Crippen LogP contribution in [0.25, 0.3) is 0 Å². The van der Waals surface area contributed by atoms with Gasteiger partial charge in [0.05, 0.1) is 46.6 Å². The molecule has 7 rings (SSSR count). The van der Waals surface area contributed by atoms with Crippen LogP contribution < -0.4 is 14.5 Å². The molecule has 3 fully saturated rings. The van der Waals surface area contributed by atoms with Gasteiger partial charge in [-0.2, -0.15) is 0 Å². The number of imide groups is 2. The van der Waals surface area contributed by atoms with Crippen LogP contribution in [0.5, 0.6) is 11.5 Å². The van der Waals surface area contributed by atoms with E-state index in [0.29, 0.717) is 17.0 Å². The van der Waals surface area contributed by atoms with Gasteiger partial charge in [0.25, 0.3) is 5.69 Å². The van der Waals surface area contributed by atoms with Crippen LogP contribution in [-0.2, 0) is 19.2 Å². The summed E-state index contributed by atoms with van der Waals surface area (Å²) in [4.78, 5) is 69.8. The Hall–Kier alpha value is -5.32. The summed E-state index contributed by atoms with van der Waals surface area (Å²) in [5.41, 5.74) is 0.397. The molecule has 11 nitrogen and oxygen atoms in total. The number of allylic oxidation sites excluding steroid dienone is 2. The molecule has 6 atom stereocenters. The van der Waals surface area contributed by atoms with Crippen molar-refractivity contribution in [2.24, 2.45) is 29.1 Å². The SMILES string of the molecule is COc1cc(O)ccc1C1C2=CCC3C(=O)N(c4cccc([N+](=O)[O-])c4)C(=O)C3C2CC2C(=O)N(c3ccccc3)C(=O)C21C. The number of phenolic OH excluding ortho intramolecular Hbond substituents is 1. The number of nitro benzene ring substituents is 1. The second kappa shape index (κ2) is 10.1. The molecule has 1 N–H and O–H groups in total. The minimum Gasteiger partial charge on any atom is -0.508 e. The maximum atomic E-state index is 14.5. The predicted molar refractivity (Wildman–Crippen MR) is 161 cm³/mol. The number of aromatic hydroxyl groups is 1. The Morgan fingerprint density at radius 1 is 0.889 bits per heavy atom. The standard InChI is InChI=1S/C34H29N3O8/c1-34-26(31(40)36(33(34)42)18-7-4-3-5-8-18)17-25-22(29(34)23-12-11-21(38)16-27(23)45-2)13-14-24-28(25)32(41)35(30(24)39)19-9-6-10-20(15-19)37(43)44/h3-13,15-16,24-26,28-29,38H,14,17H2,1-2H3. The van der Waals surface area contributed by atoms with Crippen LogP contribution in [-0.4, -0.2) is 40.8 Å². The topological polar surface area (TPSA) is 147 Å². The number of ether oxygens (including phenoxy) is 1. The molecule has 4 amide bonds. The van der Waals surface area contributed by atoms with Crippen LogP contribution in [0, 0.1) is 39.2 Å². The van der Waals surface area contributed by atoms with Crippen molar-refractivity contribution in [3.63, 3.8) is 0 Å². The summed E-state index contributed by atoms with van der Waals surface area (Å²) in [5.74, 6) is -5.08. The number of nitro groups is 1. The normalized spacial score (nSPS) is 28.8. The van der Waals surface area contributed by atoms with Crippen molar-refractivity contribution in [1.82, 2.24) is 0 Å². The van der Waals surface area contributed by atoms with Crippen LogP contribution in [0.2, 0.25) is 0 Å². The fourth-order valence-electron chi connectivity index (χ4n) is 8.12. The number of rotatable bonds is 5. The monoisotopic (exact) mass is 607 g/mol. The fraction of sp³-hybridized carbons (Fsp3) is 0.294. The van der Waals surface area contributed by atoms with E-state index in [2.05, 4.69) is 0 Å². The van der Waals surface area contributed by atoms with Crippen molar-refractivity contribution >= 4 is 40.7 Å². The Labute approximate surface area is 257 Å². The summed E-state index contributed by atoms with van der Waals surface area (Å²) in [5, 5.41) is 21.7. The maximum absolute atomic E-state index is 14.5. The highest BCUT2D eigenvalue weighted by atomic mass is 16.6. The summed E-state index contributed by atoms with van der Waals surface area (Å²) in [7, 11) is 1.46. The molecule has 0 spiro atoms.